The van der Waals surface area contributed by atoms with Crippen LogP contribution >= 0.6 is 0 Å². The summed E-state index contributed by atoms with van der Waals surface area (Å²) in [7, 11) is 0. The van der Waals surface area contributed by atoms with Crippen molar-refractivity contribution in [2.45, 2.75) is 13.0 Å². The minimum absolute atomic E-state index is 0.278. The third-order valence-electron chi connectivity index (χ3n) is 5.41. The Morgan fingerprint density at radius 2 is 1.57 bits per heavy atom. The number of benzene rings is 1. The predicted molar refractivity (Wildman–Crippen MR) is 106 cm³/mol. The van der Waals surface area contributed by atoms with E-state index in [9.17, 15) is 0 Å². The Morgan fingerprint density at radius 3 is 2.29 bits per heavy atom. The molecular weight excluding hydrogens is 358 g/mol. The lowest BCUT2D eigenvalue weighted by Gasteiger charge is -2.42. The largest absolute Gasteiger partial charge is 0.378 e. The number of hydrogen-bond donors (Lipinski definition) is 0. The second-order valence-electron chi connectivity index (χ2n) is 7.21. The van der Waals surface area contributed by atoms with Crippen LogP contribution in [0.25, 0.3) is 11.3 Å². The van der Waals surface area contributed by atoms with Gasteiger partial charge in [-0.1, -0.05) is 18.2 Å². The molecule has 0 N–H and O–H groups in total. The van der Waals surface area contributed by atoms with Crippen LogP contribution in [-0.4, -0.2) is 72.3 Å². The minimum atomic E-state index is 0.278. The number of hydrogen-bond acceptors (Lipinski definition) is 9. The average molecular weight is 381 g/mol. The summed E-state index contributed by atoms with van der Waals surface area (Å²) in [5.41, 5.74) is 2.15. The fourth-order valence-electron chi connectivity index (χ4n) is 3.95. The molecule has 3 aromatic rings. The highest BCUT2D eigenvalue weighted by Crippen LogP contribution is 2.31. The van der Waals surface area contributed by atoms with Crippen molar-refractivity contribution in [3.8, 4) is 0 Å². The first kappa shape index (κ1) is 17.2. The Bertz CT molecular complexity index is 942. The predicted octanol–water partition coefficient (Wildman–Crippen LogP) is 1.56. The lowest BCUT2D eigenvalue weighted by molar-refractivity contribution is 0.122. The standard InChI is InChI=1S/C19H23N7O2/c1-14-13-25(15-5-3-2-4-6-15)7-8-26(14)19-18(24-9-11-27-12-10-24)20-16-17(21-19)23-28-22-16/h2-6,14H,7-13H2,1H3. The normalized spacial score (nSPS) is 20.8. The van der Waals surface area contributed by atoms with Gasteiger partial charge < -0.3 is 19.4 Å². The van der Waals surface area contributed by atoms with E-state index in [1.165, 1.54) is 5.69 Å². The highest BCUT2D eigenvalue weighted by atomic mass is 16.6. The summed E-state index contributed by atoms with van der Waals surface area (Å²) in [5, 5.41) is 7.79. The van der Waals surface area contributed by atoms with Crippen LogP contribution in [0.5, 0.6) is 0 Å². The molecule has 1 unspecified atom stereocenters. The second-order valence-corrected chi connectivity index (χ2v) is 7.21. The molecule has 28 heavy (non-hydrogen) atoms. The molecule has 1 aromatic carbocycles. The van der Waals surface area contributed by atoms with Crippen LogP contribution in [0.15, 0.2) is 35.0 Å². The third kappa shape index (κ3) is 3.11. The van der Waals surface area contributed by atoms with E-state index in [1.807, 2.05) is 0 Å². The molecule has 4 heterocycles. The first-order valence-electron chi connectivity index (χ1n) is 9.69. The van der Waals surface area contributed by atoms with Crippen LogP contribution in [-0.2, 0) is 4.74 Å². The van der Waals surface area contributed by atoms with Crippen molar-refractivity contribution in [1.82, 2.24) is 20.3 Å². The van der Waals surface area contributed by atoms with Gasteiger partial charge in [-0.2, -0.15) is 0 Å². The molecule has 0 bridgehead atoms. The topological polar surface area (TPSA) is 83.7 Å². The van der Waals surface area contributed by atoms with Crippen LogP contribution < -0.4 is 14.7 Å². The molecule has 2 saturated heterocycles. The van der Waals surface area contributed by atoms with Crippen LogP contribution in [0, 0.1) is 0 Å². The van der Waals surface area contributed by atoms with Gasteiger partial charge in [0, 0.05) is 44.5 Å². The maximum absolute atomic E-state index is 5.51. The van der Waals surface area contributed by atoms with Gasteiger partial charge in [0.05, 0.1) is 13.2 Å². The number of fused-ring (bicyclic) bond motifs is 1. The molecule has 0 aliphatic carbocycles. The lowest BCUT2D eigenvalue weighted by Crippen LogP contribution is -2.53. The first-order chi connectivity index (χ1) is 13.8. The van der Waals surface area contributed by atoms with E-state index in [-0.39, 0.29) is 6.04 Å². The highest BCUT2D eigenvalue weighted by Gasteiger charge is 2.30. The SMILES string of the molecule is CC1CN(c2ccccc2)CCN1c1nc2nonc2nc1N1CCOCC1. The molecule has 2 aromatic heterocycles. The van der Waals surface area contributed by atoms with Gasteiger partial charge in [0.1, 0.15) is 0 Å². The maximum atomic E-state index is 5.51. The Morgan fingerprint density at radius 1 is 0.857 bits per heavy atom. The number of morpholine rings is 1. The smallest absolute Gasteiger partial charge is 0.245 e. The Labute approximate surface area is 162 Å². The molecule has 146 valence electrons. The van der Waals surface area contributed by atoms with Gasteiger partial charge in [0.2, 0.25) is 11.3 Å². The summed E-state index contributed by atoms with van der Waals surface area (Å²) in [4.78, 5) is 16.5. The highest BCUT2D eigenvalue weighted by molar-refractivity contribution is 5.75. The Hall–Kier alpha value is -2.94. The molecule has 1 atom stereocenters. The molecular formula is C19H23N7O2. The summed E-state index contributed by atoms with van der Waals surface area (Å²) in [5.74, 6) is 1.69. The van der Waals surface area contributed by atoms with Crippen molar-refractivity contribution in [1.29, 1.82) is 0 Å². The first-order valence-corrected chi connectivity index (χ1v) is 9.69. The molecule has 9 heteroatoms. The van der Waals surface area contributed by atoms with Crippen molar-refractivity contribution in [2.24, 2.45) is 0 Å². The van der Waals surface area contributed by atoms with Crippen molar-refractivity contribution in [3.63, 3.8) is 0 Å². The minimum Gasteiger partial charge on any atom is -0.378 e. The molecule has 2 aliphatic rings. The van der Waals surface area contributed by atoms with E-state index in [2.05, 4.69) is 62.3 Å². The number of piperazine rings is 1. The number of anilines is 3. The van der Waals surface area contributed by atoms with Gasteiger partial charge in [0.15, 0.2) is 11.6 Å². The molecule has 0 amide bonds. The summed E-state index contributed by atoms with van der Waals surface area (Å²) >= 11 is 0. The van der Waals surface area contributed by atoms with Gasteiger partial charge >= 0.3 is 0 Å². The maximum Gasteiger partial charge on any atom is 0.245 e. The third-order valence-corrected chi connectivity index (χ3v) is 5.41. The second kappa shape index (κ2) is 7.23. The number of rotatable bonds is 3. The van der Waals surface area contributed by atoms with Crippen molar-refractivity contribution < 1.29 is 9.37 Å². The van der Waals surface area contributed by atoms with Gasteiger partial charge in [-0.25, -0.2) is 14.6 Å². The molecule has 2 aliphatic heterocycles. The molecule has 0 saturated carbocycles. The number of para-hydroxylation sites is 1. The van der Waals surface area contributed by atoms with E-state index >= 15 is 0 Å². The van der Waals surface area contributed by atoms with Gasteiger partial charge in [-0.05, 0) is 29.4 Å². The Balaban J connectivity index is 1.46. The van der Waals surface area contributed by atoms with Crippen LogP contribution in [0.2, 0.25) is 0 Å². The van der Waals surface area contributed by atoms with E-state index in [0.717, 1.165) is 44.4 Å². The summed E-state index contributed by atoms with van der Waals surface area (Å²) in [6, 6.07) is 10.8. The summed E-state index contributed by atoms with van der Waals surface area (Å²) in [6.45, 7) is 7.88. The van der Waals surface area contributed by atoms with Gasteiger partial charge in [-0.15, -0.1) is 0 Å². The zero-order chi connectivity index (χ0) is 18.9. The molecule has 0 spiro atoms. The summed E-state index contributed by atoms with van der Waals surface area (Å²) < 4.78 is 10.4. The van der Waals surface area contributed by atoms with Crippen LogP contribution in [0.4, 0.5) is 17.3 Å². The fraction of sp³-hybridized carbons (Fsp3) is 0.474. The average Bonchev–Trinajstić information content (AvgIpc) is 3.22. The van der Waals surface area contributed by atoms with E-state index < -0.39 is 0 Å². The molecule has 2 fully saturated rings. The molecule has 5 rings (SSSR count). The summed E-state index contributed by atoms with van der Waals surface area (Å²) in [6.07, 6.45) is 0. The van der Waals surface area contributed by atoms with Gasteiger partial charge in [0.25, 0.3) is 0 Å². The number of ether oxygens (including phenoxy) is 1. The fourth-order valence-corrected chi connectivity index (χ4v) is 3.95. The van der Waals surface area contributed by atoms with Crippen LogP contribution in [0.1, 0.15) is 6.92 Å². The van der Waals surface area contributed by atoms with Gasteiger partial charge in [-0.3, -0.25) is 0 Å². The lowest BCUT2D eigenvalue weighted by atomic mass is 10.1. The van der Waals surface area contributed by atoms with E-state index in [0.29, 0.717) is 24.5 Å². The number of aromatic nitrogens is 4. The quantitative estimate of drug-likeness (QED) is 0.671. The monoisotopic (exact) mass is 381 g/mol. The zero-order valence-corrected chi connectivity index (χ0v) is 15.9. The van der Waals surface area contributed by atoms with E-state index in [4.69, 9.17) is 19.3 Å². The van der Waals surface area contributed by atoms with Crippen LogP contribution in [0.3, 0.4) is 0 Å². The van der Waals surface area contributed by atoms with E-state index in [1.54, 1.807) is 0 Å². The number of nitrogens with zero attached hydrogens (tertiary/aromatic N) is 7. The van der Waals surface area contributed by atoms with Crippen molar-refractivity contribution in [3.05, 3.63) is 30.3 Å². The van der Waals surface area contributed by atoms with Crippen molar-refractivity contribution in [2.75, 3.05) is 60.6 Å². The Kier molecular flexibility index (Phi) is 4.44. The molecule has 9 nitrogen and oxygen atoms in total. The molecule has 0 radical (unpaired) electrons. The van der Waals surface area contributed by atoms with Crippen molar-refractivity contribution >= 4 is 28.6 Å². The zero-order valence-electron chi connectivity index (χ0n) is 15.9.